The first-order valence-corrected chi connectivity index (χ1v) is 13.5. The maximum atomic E-state index is 11.4. The Balaban J connectivity index is 1.30. The van der Waals surface area contributed by atoms with Gasteiger partial charge in [-0.25, -0.2) is 0 Å². The number of aliphatic hydroxyl groups is 2. The van der Waals surface area contributed by atoms with Gasteiger partial charge >= 0.3 is 5.97 Å². The number of carboxylic acid groups (broad SMARTS) is 1. The first-order valence-electron chi connectivity index (χ1n) is 13.5. The van der Waals surface area contributed by atoms with E-state index >= 15 is 0 Å². The van der Waals surface area contributed by atoms with Crippen molar-refractivity contribution in [1.29, 1.82) is 0 Å². The number of carbonyl (C=O) groups is 1. The molecule has 2 atom stereocenters. The molecular weight excluding hydrogens is 496 g/mol. The lowest BCUT2D eigenvalue weighted by molar-refractivity contribution is -0.138. The zero-order chi connectivity index (χ0) is 27.7. The molecule has 0 aromatic heterocycles. The van der Waals surface area contributed by atoms with Crippen molar-refractivity contribution in [2.75, 3.05) is 13.2 Å². The second-order valence-electron chi connectivity index (χ2n) is 10.8. The third-order valence-electron chi connectivity index (χ3n) is 7.98. The molecule has 7 nitrogen and oxygen atoms in total. The minimum absolute atomic E-state index is 0.0813. The molecular formula is C32H36O7. The highest BCUT2D eigenvalue weighted by Crippen LogP contribution is 2.59. The maximum absolute atomic E-state index is 11.4. The van der Waals surface area contributed by atoms with Gasteiger partial charge in [0.1, 0.15) is 29.5 Å². The SMILES string of the molecule is Cc1cc(OCC[C@@H](O)CO)cc(C)c1-c1cccc(COc2ccc3c(c2)OC2(CC2)[C@H]3CC(=O)O)c1C. The molecule has 1 aliphatic carbocycles. The summed E-state index contributed by atoms with van der Waals surface area (Å²) in [7, 11) is 0. The monoisotopic (exact) mass is 532 g/mol. The number of aryl methyl sites for hydroxylation is 2. The van der Waals surface area contributed by atoms with Gasteiger partial charge in [-0.15, -0.1) is 0 Å². The van der Waals surface area contributed by atoms with Crippen LogP contribution in [-0.2, 0) is 11.4 Å². The molecule has 1 saturated carbocycles. The van der Waals surface area contributed by atoms with E-state index in [1.807, 2.05) is 36.4 Å². The highest BCUT2D eigenvalue weighted by molar-refractivity contribution is 5.75. The first kappa shape index (κ1) is 27.0. The van der Waals surface area contributed by atoms with Gasteiger partial charge < -0.3 is 29.5 Å². The molecule has 0 unspecified atom stereocenters. The average Bonchev–Trinajstić information content (AvgIpc) is 3.61. The molecule has 0 radical (unpaired) electrons. The lowest BCUT2D eigenvalue weighted by Crippen LogP contribution is -2.22. The smallest absolute Gasteiger partial charge is 0.304 e. The van der Waals surface area contributed by atoms with Crippen molar-refractivity contribution in [3.05, 3.63) is 76.3 Å². The van der Waals surface area contributed by atoms with Gasteiger partial charge in [0.15, 0.2) is 0 Å². The average molecular weight is 533 g/mol. The molecule has 2 aliphatic rings. The number of rotatable bonds is 11. The number of hydrogen-bond acceptors (Lipinski definition) is 6. The van der Waals surface area contributed by atoms with Crippen LogP contribution in [0.5, 0.6) is 17.2 Å². The second-order valence-corrected chi connectivity index (χ2v) is 10.8. The summed E-state index contributed by atoms with van der Waals surface area (Å²) < 4.78 is 18.2. The van der Waals surface area contributed by atoms with E-state index in [1.165, 1.54) is 0 Å². The zero-order valence-electron chi connectivity index (χ0n) is 22.7. The third-order valence-corrected chi connectivity index (χ3v) is 7.98. The predicted octanol–water partition coefficient (Wildman–Crippen LogP) is 5.46. The van der Waals surface area contributed by atoms with Crippen LogP contribution in [0, 0.1) is 20.8 Å². The van der Waals surface area contributed by atoms with Crippen molar-refractivity contribution in [3.8, 4) is 28.4 Å². The van der Waals surface area contributed by atoms with Gasteiger partial charge in [-0.1, -0.05) is 24.3 Å². The Bertz CT molecular complexity index is 1350. The van der Waals surface area contributed by atoms with Crippen molar-refractivity contribution >= 4 is 5.97 Å². The van der Waals surface area contributed by atoms with Gasteiger partial charge in [0.2, 0.25) is 0 Å². The molecule has 3 aromatic carbocycles. The van der Waals surface area contributed by atoms with E-state index in [2.05, 4.69) is 32.9 Å². The lowest BCUT2D eigenvalue weighted by atomic mass is 9.90. The van der Waals surface area contributed by atoms with Gasteiger partial charge in [-0.05, 0) is 85.2 Å². The molecule has 1 aliphatic heterocycles. The van der Waals surface area contributed by atoms with E-state index in [9.17, 15) is 15.0 Å². The molecule has 3 aromatic rings. The summed E-state index contributed by atoms with van der Waals surface area (Å²) >= 11 is 0. The Labute approximate surface area is 229 Å². The van der Waals surface area contributed by atoms with Crippen LogP contribution in [0.15, 0.2) is 48.5 Å². The Morgan fingerprint density at radius 1 is 1.05 bits per heavy atom. The quantitative estimate of drug-likeness (QED) is 0.301. The summed E-state index contributed by atoms with van der Waals surface area (Å²) in [5.41, 5.74) is 7.31. The molecule has 7 heteroatoms. The largest absolute Gasteiger partial charge is 0.493 e. The summed E-state index contributed by atoms with van der Waals surface area (Å²) in [4.78, 5) is 11.4. The van der Waals surface area contributed by atoms with Crippen LogP contribution >= 0.6 is 0 Å². The summed E-state index contributed by atoms with van der Waals surface area (Å²) in [6.07, 6.45) is 1.46. The molecule has 5 rings (SSSR count). The highest BCUT2D eigenvalue weighted by Gasteiger charge is 2.57. The van der Waals surface area contributed by atoms with E-state index in [-0.39, 0.29) is 24.5 Å². The van der Waals surface area contributed by atoms with E-state index in [0.717, 1.165) is 63.3 Å². The number of aliphatic hydroxyl groups excluding tert-OH is 2. The van der Waals surface area contributed by atoms with Gasteiger partial charge in [0.05, 0.1) is 25.7 Å². The van der Waals surface area contributed by atoms with Gasteiger partial charge in [-0.3, -0.25) is 4.79 Å². The van der Waals surface area contributed by atoms with E-state index < -0.39 is 12.1 Å². The van der Waals surface area contributed by atoms with Crippen molar-refractivity contribution < 1.29 is 34.3 Å². The minimum atomic E-state index is -0.802. The van der Waals surface area contributed by atoms with E-state index in [4.69, 9.17) is 19.3 Å². The van der Waals surface area contributed by atoms with Crippen molar-refractivity contribution in [2.24, 2.45) is 0 Å². The summed E-state index contributed by atoms with van der Waals surface area (Å²) in [5, 5.41) is 27.9. The van der Waals surface area contributed by atoms with E-state index in [1.54, 1.807) is 0 Å². The van der Waals surface area contributed by atoms with E-state index in [0.29, 0.717) is 25.4 Å². The fourth-order valence-corrected chi connectivity index (χ4v) is 5.71. The second kappa shape index (κ2) is 10.9. The summed E-state index contributed by atoms with van der Waals surface area (Å²) in [5.74, 6) is 1.28. The summed E-state index contributed by atoms with van der Waals surface area (Å²) in [6.45, 7) is 6.69. The van der Waals surface area contributed by atoms with Crippen molar-refractivity contribution in [1.82, 2.24) is 0 Å². The Kier molecular flexibility index (Phi) is 7.56. The fraction of sp³-hybridized carbons (Fsp3) is 0.406. The van der Waals surface area contributed by atoms with Crippen LogP contribution < -0.4 is 14.2 Å². The minimum Gasteiger partial charge on any atom is -0.493 e. The molecule has 0 bridgehead atoms. The van der Waals surface area contributed by atoms with Crippen LogP contribution in [0.2, 0.25) is 0 Å². The molecule has 1 spiro atoms. The number of aliphatic carboxylic acids is 1. The lowest BCUT2D eigenvalue weighted by Gasteiger charge is -2.18. The normalized spacial score (nSPS) is 17.4. The maximum Gasteiger partial charge on any atom is 0.304 e. The Morgan fingerprint density at radius 2 is 1.79 bits per heavy atom. The van der Waals surface area contributed by atoms with Crippen LogP contribution in [0.25, 0.3) is 11.1 Å². The molecule has 0 saturated heterocycles. The van der Waals surface area contributed by atoms with Gasteiger partial charge in [0, 0.05) is 24.0 Å². The third kappa shape index (κ3) is 5.60. The standard InChI is InChI=1S/C32H36O7/c1-19-13-25(37-12-9-23(34)17-33)14-20(2)31(19)26-6-4-5-22(21(26)3)18-38-24-7-8-27-28(16-30(35)36)32(10-11-32)39-29(27)15-24/h4-8,13-15,23,28,33-34H,9-12,16-18H2,1-3H3,(H,35,36)/t23-,28+/m1/s1. The highest BCUT2D eigenvalue weighted by atomic mass is 16.5. The molecule has 206 valence electrons. The van der Waals surface area contributed by atoms with Crippen LogP contribution in [0.1, 0.15) is 59.4 Å². The van der Waals surface area contributed by atoms with Crippen molar-refractivity contribution in [3.63, 3.8) is 0 Å². The number of fused-ring (bicyclic) bond motifs is 1. The topological polar surface area (TPSA) is 105 Å². The number of ether oxygens (including phenoxy) is 3. The Hall–Kier alpha value is -3.55. The zero-order valence-corrected chi connectivity index (χ0v) is 22.7. The van der Waals surface area contributed by atoms with Gasteiger partial charge in [0.25, 0.3) is 0 Å². The molecule has 0 amide bonds. The predicted molar refractivity (Wildman–Crippen MR) is 148 cm³/mol. The number of hydrogen-bond donors (Lipinski definition) is 3. The van der Waals surface area contributed by atoms with Gasteiger partial charge in [-0.2, -0.15) is 0 Å². The van der Waals surface area contributed by atoms with Crippen LogP contribution in [0.3, 0.4) is 0 Å². The molecule has 39 heavy (non-hydrogen) atoms. The van der Waals surface area contributed by atoms with Crippen molar-refractivity contribution in [2.45, 2.75) is 70.7 Å². The first-order chi connectivity index (χ1) is 18.7. The van der Waals surface area contributed by atoms with Crippen LogP contribution in [-0.4, -0.2) is 46.2 Å². The molecule has 3 N–H and O–H groups in total. The molecule has 1 heterocycles. The fourth-order valence-electron chi connectivity index (χ4n) is 5.71. The number of carboxylic acids is 1. The summed E-state index contributed by atoms with van der Waals surface area (Å²) in [6, 6.07) is 16.0. The van der Waals surface area contributed by atoms with Crippen LogP contribution in [0.4, 0.5) is 0 Å². The number of benzene rings is 3. The Morgan fingerprint density at radius 3 is 2.46 bits per heavy atom. The molecule has 1 fully saturated rings.